The van der Waals surface area contributed by atoms with Gasteiger partial charge in [0.05, 0.1) is 13.2 Å². The minimum Gasteiger partial charge on any atom is -0.465 e. The molecule has 0 saturated carbocycles. The molecule has 0 unspecified atom stereocenters. The number of rotatable bonds is 11. The molecule has 0 aromatic heterocycles. The number of hydrogen-bond donors (Lipinski definition) is 0. The van der Waals surface area contributed by atoms with Crippen LogP contribution >= 0.6 is 0 Å². The molecule has 4 nitrogen and oxygen atoms in total. The Hall–Kier alpha value is -1.06. The lowest BCUT2D eigenvalue weighted by molar-refractivity contribution is -0.161. The van der Waals surface area contributed by atoms with Crippen LogP contribution in [0.3, 0.4) is 0 Å². The summed E-state index contributed by atoms with van der Waals surface area (Å²) in [7, 11) is 0. The van der Waals surface area contributed by atoms with Crippen LogP contribution in [0.5, 0.6) is 0 Å². The summed E-state index contributed by atoms with van der Waals surface area (Å²) in [4.78, 5) is 23.4. The standard InChI is InChI=1S/C15H28O4/c1-4-7-8-9-10-11-12-13(14(16)18-5-2)15(17)19-6-3/h13H,4-12H2,1-3H3/i13+1. The minimum atomic E-state index is -0.744. The van der Waals surface area contributed by atoms with Crippen molar-refractivity contribution in [3.05, 3.63) is 0 Å². The van der Waals surface area contributed by atoms with Gasteiger partial charge in [-0.25, -0.2) is 0 Å². The summed E-state index contributed by atoms with van der Waals surface area (Å²) >= 11 is 0. The Bertz CT molecular complexity index is 233. The lowest BCUT2D eigenvalue weighted by Crippen LogP contribution is -2.28. The number of carbonyl (C=O) groups excluding carboxylic acids is 2. The summed E-state index contributed by atoms with van der Waals surface area (Å²) in [5.41, 5.74) is 0. The van der Waals surface area contributed by atoms with Gasteiger partial charge in [-0.1, -0.05) is 45.4 Å². The van der Waals surface area contributed by atoms with Gasteiger partial charge in [0.2, 0.25) is 0 Å². The molecule has 4 heteroatoms. The molecule has 19 heavy (non-hydrogen) atoms. The van der Waals surface area contributed by atoms with E-state index in [9.17, 15) is 9.59 Å². The van der Waals surface area contributed by atoms with Crippen molar-refractivity contribution in [1.29, 1.82) is 0 Å². The summed E-state index contributed by atoms with van der Waals surface area (Å²) in [5, 5.41) is 0. The number of hydrogen-bond acceptors (Lipinski definition) is 4. The Labute approximate surface area is 116 Å². The maximum atomic E-state index is 11.7. The van der Waals surface area contributed by atoms with Crippen LogP contribution in [-0.2, 0) is 19.1 Å². The van der Waals surface area contributed by atoms with Gasteiger partial charge in [-0.3, -0.25) is 9.59 Å². The molecule has 0 fully saturated rings. The third kappa shape index (κ3) is 8.62. The molecule has 0 atom stereocenters. The van der Waals surface area contributed by atoms with E-state index in [0.717, 1.165) is 19.3 Å². The van der Waals surface area contributed by atoms with Crippen LogP contribution in [0.25, 0.3) is 0 Å². The fourth-order valence-corrected chi connectivity index (χ4v) is 1.95. The molecule has 0 bridgehead atoms. The zero-order valence-electron chi connectivity index (χ0n) is 12.6. The van der Waals surface area contributed by atoms with E-state index in [1.54, 1.807) is 13.8 Å². The van der Waals surface area contributed by atoms with Gasteiger partial charge in [0.25, 0.3) is 0 Å². The van der Waals surface area contributed by atoms with Gasteiger partial charge in [0.1, 0.15) is 0 Å². The molecule has 0 rings (SSSR count). The predicted octanol–water partition coefficient (Wildman–Crippen LogP) is 3.48. The van der Waals surface area contributed by atoms with Crippen molar-refractivity contribution in [2.75, 3.05) is 13.2 Å². The van der Waals surface area contributed by atoms with Crippen LogP contribution in [-0.4, -0.2) is 25.2 Å². The van der Waals surface area contributed by atoms with Gasteiger partial charge in [-0.05, 0) is 20.3 Å². The average molecular weight is 273 g/mol. The van der Waals surface area contributed by atoms with Crippen LogP contribution in [0.1, 0.15) is 65.7 Å². The first-order valence-corrected chi connectivity index (χ1v) is 7.50. The highest BCUT2D eigenvalue weighted by Gasteiger charge is 2.28. The second-order valence-corrected chi connectivity index (χ2v) is 4.61. The van der Waals surface area contributed by atoms with Crippen molar-refractivity contribution < 1.29 is 19.1 Å². The highest BCUT2D eigenvalue weighted by Crippen LogP contribution is 2.15. The van der Waals surface area contributed by atoms with Crippen molar-refractivity contribution in [3.63, 3.8) is 0 Å². The van der Waals surface area contributed by atoms with E-state index in [2.05, 4.69) is 6.92 Å². The first-order chi connectivity index (χ1) is 9.17. The van der Waals surface area contributed by atoms with Crippen LogP contribution in [0, 0.1) is 5.92 Å². The number of carbonyl (C=O) groups is 2. The quantitative estimate of drug-likeness (QED) is 0.250. The van der Waals surface area contributed by atoms with Crippen LogP contribution in [0.2, 0.25) is 0 Å². The SMILES string of the molecule is CCCCCCCC[13CH](C(=O)OCC)C(=O)OCC. The summed E-state index contributed by atoms with van der Waals surface area (Å²) in [5.74, 6) is -1.64. The zero-order chi connectivity index (χ0) is 14.5. The van der Waals surface area contributed by atoms with Crippen LogP contribution in [0.4, 0.5) is 0 Å². The number of esters is 2. The molecule has 0 radical (unpaired) electrons. The summed E-state index contributed by atoms with van der Waals surface area (Å²) < 4.78 is 9.85. The molecule has 0 spiro atoms. The first kappa shape index (κ1) is 17.9. The normalized spacial score (nSPS) is 10.5. The predicted molar refractivity (Wildman–Crippen MR) is 74.7 cm³/mol. The molecule has 0 N–H and O–H groups in total. The van der Waals surface area contributed by atoms with Gasteiger partial charge in [-0.15, -0.1) is 0 Å². The highest BCUT2D eigenvalue weighted by atomic mass is 16.6. The number of unbranched alkanes of at least 4 members (excludes halogenated alkanes) is 5. The third-order valence-corrected chi connectivity index (χ3v) is 2.99. The Kier molecular flexibility index (Phi) is 11.3. The lowest BCUT2D eigenvalue weighted by Gasteiger charge is -2.14. The maximum absolute atomic E-state index is 11.7. The Morgan fingerprint density at radius 1 is 0.789 bits per heavy atom. The molecule has 0 saturated heterocycles. The van der Waals surface area contributed by atoms with Crippen LogP contribution in [0.15, 0.2) is 0 Å². The van der Waals surface area contributed by atoms with Gasteiger partial charge in [-0.2, -0.15) is 0 Å². The molecule has 0 aromatic rings. The zero-order valence-corrected chi connectivity index (χ0v) is 12.6. The fourth-order valence-electron chi connectivity index (χ4n) is 1.95. The van der Waals surface area contributed by atoms with E-state index >= 15 is 0 Å². The van der Waals surface area contributed by atoms with Crippen LogP contribution < -0.4 is 0 Å². The van der Waals surface area contributed by atoms with Crippen molar-refractivity contribution in [2.24, 2.45) is 5.92 Å². The second kappa shape index (κ2) is 12.0. The van der Waals surface area contributed by atoms with Crippen molar-refractivity contribution in [2.45, 2.75) is 65.7 Å². The first-order valence-electron chi connectivity index (χ1n) is 7.50. The largest absolute Gasteiger partial charge is 0.465 e. The topological polar surface area (TPSA) is 52.6 Å². The van der Waals surface area contributed by atoms with Gasteiger partial charge < -0.3 is 9.47 Å². The molecule has 0 heterocycles. The molecule has 0 aliphatic carbocycles. The summed E-state index contributed by atoms with van der Waals surface area (Å²) in [6.45, 7) is 6.25. The molecular weight excluding hydrogens is 245 g/mol. The monoisotopic (exact) mass is 273 g/mol. The summed E-state index contributed by atoms with van der Waals surface area (Å²) in [6, 6.07) is 0. The Morgan fingerprint density at radius 3 is 1.74 bits per heavy atom. The smallest absolute Gasteiger partial charge is 0.320 e. The van der Waals surface area contributed by atoms with Gasteiger partial charge in [0, 0.05) is 0 Å². The van der Waals surface area contributed by atoms with E-state index < -0.39 is 17.9 Å². The van der Waals surface area contributed by atoms with Gasteiger partial charge in [0.15, 0.2) is 5.92 Å². The average Bonchev–Trinajstić information content (AvgIpc) is 2.38. The summed E-state index contributed by atoms with van der Waals surface area (Å²) in [6.07, 6.45) is 7.30. The fraction of sp³-hybridized carbons (Fsp3) is 0.867. The van der Waals surface area contributed by atoms with E-state index in [0.29, 0.717) is 19.6 Å². The van der Waals surface area contributed by atoms with Gasteiger partial charge >= 0.3 is 11.9 Å². The Balaban J connectivity index is 4.05. The number of ether oxygens (including phenoxy) is 2. The van der Waals surface area contributed by atoms with Crippen molar-refractivity contribution in [1.82, 2.24) is 0 Å². The lowest BCUT2D eigenvalue weighted by atomic mass is 10.1. The molecule has 112 valence electrons. The van der Waals surface area contributed by atoms with E-state index in [-0.39, 0.29) is 0 Å². The molecule has 0 aromatic carbocycles. The van der Waals surface area contributed by atoms with Crippen molar-refractivity contribution in [3.8, 4) is 0 Å². The third-order valence-electron chi connectivity index (χ3n) is 2.99. The highest BCUT2D eigenvalue weighted by molar-refractivity contribution is 5.94. The Morgan fingerprint density at radius 2 is 1.26 bits per heavy atom. The molecule has 0 aliphatic rings. The minimum absolute atomic E-state index is 0.297. The second-order valence-electron chi connectivity index (χ2n) is 4.61. The maximum Gasteiger partial charge on any atom is 0.320 e. The molecule has 0 aliphatic heterocycles. The molecular formula is C15H28O4. The van der Waals surface area contributed by atoms with Crippen molar-refractivity contribution >= 4 is 11.9 Å². The molecule has 0 amide bonds. The van der Waals surface area contributed by atoms with E-state index in [1.807, 2.05) is 0 Å². The van der Waals surface area contributed by atoms with E-state index in [4.69, 9.17) is 9.47 Å². The van der Waals surface area contributed by atoms with E-state index in [1.165, 1.54) is 19.3 Å².